The Labute approximate surface area is 119 Å². The van der Waals surface area contributed by atoms with Crippen molar-refractivity contribution in [3.8, 4) is 11.5 Å². The van der Waals surface area contributed by atoms with Gasteiger partial charge in [-0.1, -0.05) is 0 Å². The van der Waals surface area contributed by atoms with Crippen LogP contribution in [-0.2, 0) is 0 Å². The molecule has 21 heavy (non-hydrogen) atoms. The predicted molar refractivity (Wildman–Crippen MR) is 74.7 cm³/mol. The molecule has 3 rings (SSSR count). The molecule has 106 valence electrons. The minimum atomic E-state index is -0.522. The van der Waals surface area contributed by atoms with Crippen LogP contribution in [0.25, 0.3) is 0 Å². The van der Waals surface area contributed by atoms with Crippen molar-refractivity contribution in [2.24, 2.45) is 5.10 Å². The minimum Gasteiger partial charge on any atom is -0.454 e. The average Bonchev–Trinajstić information content (AvgIpc) is 2.95. The van der Waals surface area contributed by atoms with Crippen molar-refractivity contribution in [1.82, 2.24) is 4.98 Å². The summed E-state index contributed by atoms with van der Waals surface area (Å²) < 4.78 is 10.5. The fourth-order valence-electron chi connectivity index (χ4n) is 1.79. The molecule has 8 heteroatoms. The standard InChI is InChI=1S/C13H10N4O4/c18-17(19)10-2-1-5-14-13(10)16-15-7-9-3-4-11-12(6-9)21-8-20-11/h1-7H,8H2,(H,14,16)/b15-7+. The predicted octanol–water partition coefficient (Wildman–Crippen LogP) is 2.16. The molecule has 1 aliphatic heterocycles. The van der Waals surface area contributed by atoms with Gasteiger partial charge in [-0.3, -0.25) is 15.5 Å². The van der Waals surface area contributed by atoms with Gasteiger partial charge in [0.1, 0.15) is 0 Å². The van der Waals surface area contributed by atoms with E-state index < -0.39 is 4.92 Å². The van der Waals surface area contributed by atoms with E-state index in [0.29, 0.717) is 11.5 Å². The van der Waals surface area contributed by atoms with E-state index in [0.717, 1.165) is 5.56 Å². The highest BCUT2D eigenvalue weighted by molar-refractivity contribution is 5.81. The lowest BCUT2D eigenvalue weighted by atomic mass is 10.2. The first kappa shape index (κ1) is 12.9. The van der Waals surface area contributed by atoms with E-state index in [1.165, 1.54) is 24.5 Å². The molecule has 0 saturated carbocycles. The van der Waals surface area contributed by atoms with Crippen LogP contribution >= 0.6 is 0 Å². The molecule has 2 aromatic rings. The number of nitrogens with zero attached hydrogens (tertiary/aromatic N) is 3. The van der Waals surface area contributed by atoms with E-state index in [1.54, 1.807) is 18.2 Å². The molecule has 0 spiro atoms. The topological polar surface area (TPSA) is 98.9 Å². The second-order valence-corrected chi connectivity index (χ2v) is 4.11. The number of hydrazone groups is 1. The van der Waals surface area contributed by atoms with Crippen LogP contribution in [0.2, 0.25) is 0 Å². The molecule has 0 unspecified atom stereocenters. The summed E-state index contributed by atoms with van der Waals surface area (Å²) in [5.74, 6) is 1.41. The van der Waals surface area contributed by atoms with Gasteiger partial charge in [-0.2, -0.15) is 5.10 Å². The Hall–Kier alpha value is -3.16. The monoisotopic (exact) mass is 286 g/mol. The van der Waals surface area contributed by atoms with Gasteiger partial charge in [0.05, 0.1) is 11.1 Å². The Bertz CT molecular complexity index is 717. The number of nitrogens with one attached hydrogen (secondary N) is 1. The summed E-state index contributed by atoms with van der Waals surface area (Å²) in [5, 5.41) is 14.8. The molecule has 0 aliphatic carbocycles. The third kappa shape index (κ3) is 2.73. The van der Waals surface area contributed by atoms with Crippen molar-refractivity contribution in [2.75, 3.05) is 12.2 Å². The number of hydrogen-bond donors (Lipinski definition) is 1. The van der Waals surface area contributed by atoms with Crippen LogP contribution in [0.15, 0.2) is 41.6 Å². The van der Waals surface area contributed by atoms with Crippen LogP contribution in [0.3, 0.4) is 0 Å². The van der Waals surface area contributed by atoms with Crippen molar-refractivity contribution >= 4 is 17.7 Å². The lowest BCUT2D eigenvalue weighted by molar-refractivity contribution is -0.384. The molecular formula is C13H10N4O4. The number of pyridine rings is 1. The normalized spacial score (nSPS) is 12.6. The number of ether oxygens (including phenoxy) is 2. The maximum Gasteiger partial charge on any atom is 0.313 e. The number of fused-ring (bicyclic) bond motifs is 1. The number of rotatable bonds is 4. The fraction of sp³-hybridized carbons (Fsp3) is 0.0769. The van der Waals surface area contributed by atoms with E-state index in [9.17, 15) is 10.1 Å². The molecule has 0 fully saturated rings. The summed E-state index contributed by atoms with van der Waals surface area (Å²) in [6.07, 6.45) is 2.96. The lowest BCUT2D eigenvalue weighted by Gasteiger charge is -2.00. The Morgan fingerprint density at radius 3 is 3.05 bits per heavy atom. The summed E-state index contributed by atoms with van der Waals surface area (Å²) >= 11 is 0. The first-order chi connectivity index (χ1) is 10.2. The molecule has 0 bridgehead atoms. The van der Waals surface area contributed by atoms with Crippen LogP contribution in [0.4, 0.5) is 11.5 Å². The van der Waals surface area contributed by atoms with Gasteiger partial charge in [-0.25, -0.2) is 4.98 Å². The molecule has 0 amide bonds. The lowest BCUT2D eigenvalue weighted by Crippen LogP contribution is -1.98. The van der Waals surface area contributed by atoms with Crippen LogP contribution in [0, 0.1) is 10.1 Å². The van der Waals surface area contributed by atoms with Gasteiger partial charge in [-0.15, -0.1) is 0 Å². The Morgan fingerprint density at radius 2 is 2.19 bits per heavy atom. The molecule has 0 saturated heterocycles. The SMILES string of the molecule is O=[N+]([O-])c1cccnc1N/N=C/c1ccc2c(c1)OCO2. The van der Waals surface area contributed by atoms with E-state index in [-0.39, 0.29) is 18.3 Å². The molecule has 2 heterocycles. The first-order valence-electron chi connectivity index (χ1n) is 6.02. The van der Waals surface area contributed by atoms with Gasteiger partial charge < -0.3 is 9.47 Å². The maximum absolute atomic E-state index is 10.8. The van der Waals surface area contributed by atoms with E-state index in [2.05, 4.69) is 15.5 Å². The van der Waals surface area contributed by atoms with Gasteiger partial charge >= 0.3 is 5.69 Å². The van der Waals surface area contributed by atoms with E-state index in [4.69, 9.17) is 9.47 Å². The molecule has 1 N–H and O–H groups in total. The molecule has 1 aliphatic rings. The maximum atomic E-state index is 10.8. The van der Waals surface area contributed by atoms with Gasteiger partial charge in [0.2, 0.25) is 12.6 Å². The summed E-state index contributed by atoms with van der Waals surface area (Å²) in [4.78, 5) is 14.2. The fourth-order valence-corrected chi connectivity index (χ4v) is 1.79. The second-order valence-electron chi connectivity index (χ2n) is 4.11. The van der Waals surface area contributed by atoms with Crippen LogP contribution in [0.1, 0.15) is 5.56 Å². The highest BCUT2D eigenvalue weighted by Gasteiger charge is 2.14. The van der Waals surface area contributed by atoms with Crippen LogP contribution < -0.4 is 14.9 Å². The largest absolute Gasteiger partial charge is 0.454 e. The summed E-state index contributed by atoms with van der Waals surface area (Å²) in [6.45, 7) is 0.203. The third-order valence-electron chi connectivity index (χ3n) is 2.76. The molecule has 0 atom stereocenters. The zero-order chi connectivity index (χ0) is 14.7. The minimum absolute atomic E-state index is 0.0829. The number of benzene rings is 1. The van der Waals surface area contributed by atoms with Crippen LogP contribution in [0.5, 0.6) is 11.5 Å². The molecule has 8 nitrogen and oxygen atoms in total. The van der Waals surface area contributed by atoms with Gasteiger partial charge in [-0.05, 0) is 29.8 Å². The molecule has 0 radical (unpaired) electrons. The molecular weight excluding hydrogens is 276 g/mol. The number of aromatic nitrogens is 1. The zero-order valence-corrected chi connectivity index (χ0v) is 10.7. The third-order valence-corrected chi connectivity index (χ3v) is 2.76. The molecule has 1 aromatic heterocycles. The van der Waals surface area contributed by atoms with Crippen LogP contribution in [-0.4, -0.2) is 22.9 Å². The smallest absolute Gasteiger partial charge is 0.313 e. The summed E-state index contributed by atoms with van der Waals surface area (Å²) in [6, 6.07) is 8.18. The number of nitro groups is 1. The number of hydrogen-bond acceptors (Lipinski definition) is 7. The van der Waals surface area contributed by atoms with Gasteiger partial charge in [0.15, 0.2) is 11.5 Å². The van der Waals surface area contributed by atoms with Crippen molar-refractivity contribution in [3.63, 3.8) is 0 Å². The van der Waals surface area contributed by atoms with Gasteiger partial charge in [0.25, 0.3) is 0 Å². The Balaban J connectivity index is 1.74. The quantitative estimate of drug-likeness (QED) is 0.525. The molecule has 1 aromatic carbocycles. The van der Waals surface area contributed by atoms with Crippen molar-refractivity contribution < 1.29 is 14.4 Å². The first-order valence-corrected chi connectivity index (χ1v) is 6.02. The summed E-state index contributed by atoms with van der Waals surface area (Å²) in [5.41, 5.74) is 3.19. The zero-order valence-electron chi connectivity index (χ0n) is 10.7. The van der Waals surface area contributed by atoms with Crippen molar-refractivity contribution in [2.45, 2.75) is 0 Å². The average molecular weight is 286 g/mol. The highest BCUT2D eigenvalue weighted by Crippen LogP contribution is 2.32. The second kappa shape index (κ2) is 5.45. The Kier molecular flexibility index (Phi) is 3.34. The van der Waals surface area contributed by atoms with E-state index >= 15 is 0 Å². The van der Waals surface area contributed by atoms with Crippen molar-refractivity contribution in [1.29, 1.82) is 0 Å². The summed E-state index contributed by atoms with van der Waals surface area (Å²) in [7, 11) is 0. The highest BCUT2D eigenvalue weighted by atomic mass is 16.7. The Morgan fingerprint density at radius 1 is 1.33 bits per heavy atom. The van der Waals surface area contributed by atoms with Gasteiger partial charge in [0, 0.05) is 12.3 Å². The number of anilines is 1. The van der Waals surface area contributed by atoms with Crippen molar-refractivity contribution in [3.05, 3.63) is 52.2 Å². The van der Waals surface area contributed by atoms with E-state index in [1.807, 2.05) is 0 Å².